The standard InChI is InChI=1S/C16H27.CH3.ClH.Tl/c1-6-9-10-12-16(11-7-2)15(5)13-14(4)8-3;;;/h10-12H,5-9,13H2,1-4H3;1H3;1H;/q;;;+1/p-1/b12-10+,16-11-;;;. The van der Waals surface area contributed by atoms with Crippen molar-refractivity contribution in [3.8, 4) is 0 Å². The SMILES string of the molecule is C=C(C[C](C)(CC)[Tl]([CH3])[Cl])C(=C\CC)/C=C/CCC. The summed E-state index contributed by atoms with van der Waals surface area (Å²) >= 11 is -2.00. The number of halogens is 1. The van der Waals surface area contributed by atoms with Crippen LogP contribution in [0.5, 0.6) is 0 Å². The Morgan fingerprint density at radius 2 is 1.95 bits per heavy atom. The van der Waals surface area contributed by atoms with E-state index in [1.165, 1.54) is 24.0 Å². The zero-order chi connectivity index (χ0) is 14.9. The van der Waals surface area contributed by atoms with Gasteiger partial charge in [0.1, 0.15) is 0 Å². The van der Waals surface area contributed by atoms with E-state index in [0.29, 0.717) is 2.97 Å². The summed E-state index contributed by atoms with van der Waals surface area (Å²) in [6, 6.07) is 0. The Hall–Kier alpha value is 0.432. The first kappa shape index (κ1) is 19.4. The first-order valence-electron chi connectivity index (χ1n) is 7.60. The van der Waals surface area contributed by atoms with E-state index in [1.54, 1.807) is 0 Å². The van der Waals surface area contributed by atoms with Gasteiger partial charge in [0.15, 0.2) is 0 Å². The van der Waals surface area contributed by atoms with Crippen molar-refractivity contribution in [2.24, 2.45) is 0 Å². The molecule has 0 aliphatic rings. The fourth-order valence-electron chi connectivity index (χ4n) is 2.06. The summed E-state index contributed by atoms with van der Waals surface area (Å²) in [5, 5.41) is 0. The third-order valence-electron chi connectivity index (χ3n) is 3.97. The maximum atomic E-state index is 6.58. The van der Waals surface area contributed by atoms with Gasteiger partial charge >= 0.3 is 133 Å². The van der Waals surface area contributed by atoms with Gasteiger partial charge in [-0.15, -0.1) is 0 Å². The van der Waals surface area contributed by atoms with Crippen LogP contribution < -0.4 is 0 Å². The molecule has 0 N–H and O–H groups in total. The molecule has 1 atom stereocenters. The van der Waals surface area contributed by atoms with Crippen molar-refractivity contribution >= 4 is 29.8 Å². The number of hydrogen-bond acceptors (Lipinski definition) is 0. The Kier molecular flexibility index (Phi) is 10.4. The van der Waals surface area contributed by atoms with Crippen LogP contribution in [-0.2, 0) is 0 Å². The van der Waals surface area contributed by atoms with Crippen molar-refractivity contribution in [1.82, 2.24) is 0 Å². The number of allylic oxidation sites excluding steroid dienone is 5. The molecule has 108 valence electrons. The summed E-state index contributed by atoms with van der Waals surface area (Å²) in [5.74, 6) is 0. The van der Waals surface area contributed by atoms with Gasteiger partial charge in [0.05, 0.1) is 0 Å². The molecule has 0 radical (unpaired) electrons. The van der Waals surface area contributed by atoms with Crippen molar-refractivity contribution in [1.29, 1.82) is 0 Å². The van der Waals surface area contributed by atoms with E-state index in [0.717, 1.165) is 19.3 Å². The molecule has 0 spiro atoms. The molecule has 0 nitrogen and oxygen atoms in total. The van der Waals surface area contributed by atoms with E-state index >= 15 is 0 Å². The Labute approximate surface area is 132 Å². The fourth-order valence-corrected chi connectivity index (χ4v) is 8.33. The van der Waals surface area contributed by atoms with Gasteiger partial charge < -0.3 is 0 Å². The van der Waals surface area contributed by atoms with Crippen molar-refractivity contribution in [2.45, 2.75) is 67.3 Å². The number of hydrogen-bond donors (Lipinski definition) is 0. The van der Waals surface area contributed by atoms with E-state index in [1.807, 2.05) is 0 Å². The maximum absolute atomic E-state index is 6.58. The third-order valence-corrected chi connectivity index (χ3v) is 18.4. The van der Waals surface area contributed by atoms with Crippen molar-refractivity contribution in [2.75, 3.05) is 0 Å². The Morgan fingerprint density at radius 1 is 1.32 bits per heavy atom. The average Bonchev–Trinajstić information content (AvgIpc) is 2.37. The molecule has 1 unspecified atom stereocenters. The summed E-state index contributed by atoms with van der Waals surface area (Å²) in [6.07, 6.45) is 12.5. The molecule has 0 saturated carbocycles. The van der Waals surface area contributed by atoms with Gasteiger partial charge in [0.2, 0.25) is 0 Å². The molecular weight excluding hydrogens is 444 g/mol. The van der Waals surface area contributed by atoms with Crippen LogP contribution in [0.3, 0.4) is 0 Å². The van der Waals surface area contributed by atoms with Crippen LogP contribution in [0.1, 0.15) is 59.8 Å². The number of unbranched alkanes of at least 4 members (excludes halogenated alkanes) is 1. The zero-order valence-corrected chi connectivity index (χ0v) is 18.7. The van der Waals surface area contributed by atoms with E-state index in [4.69, 9.17) is 8.32 Å². The Balaban J connectivity index is 4.88. The van der Waals surface area contributed by atoms with Gasteiger partial charge in [0.25, 0.3) is 0 Å². The molecule has 0 aromatic carbocycles. The van der Waals surface area contributed by atoms with Gasteiger partial charge in [-0.1, -0.05) is 0 Å². The van der Waals surface area contributed by atoms with Crippen molar-refractivity contribution in [3.63, 3.8) is 0 Å². The van der Waals surface area contributed by atoms with Gasteiger partial charge in [-0.25, -0.2) is 0 Å². The molecule has 0 aromatic rings. The fraction of sp³-hybridized carbons (Fsp3) is 0.647. The van der Waals surface area contributed by atoms with E-state index in [-0.39, 0.29) is 0 Å². The van der Waals surface area contributed by atoms with Crippen LogP contribution in [0.25, 0.3) is 0 Å². The van der Waals surface area contributed by atoms with Crippen molar-refractivity contribution in [3.05, 3.63) is 36.0 Å². The second kappa shape index (κ2) is 10.2. The molecule has 0 saturated heterocycles. The minimum absolute atomic E-state index is 0.351. The number of rotatable bonds is 9. The summed E-state index contributed by atoms with van der Waals surface area (Å²) in [6.45, 7) is 13.3. The minimum atomic E-state index is -2.00. The summed E-state index contributed by atoms with van der Waals surface area (Å²) in [4.78, 5) is 0. The second-order valence-electron chi connectivity index (χ2n) is 5.66. The van der Waals surface area contributed by atoms with Gasteiger partial charge in [-0.3, -0.25) is 0 Å². The van der Waals surface area contributed by atoms with Crippen LogP contribution in [0, 0.1) is 0 Å². The van der Waals surface area contributed by atoms with Gasteiger partial charge in [0, 0.05) is 0 Å². The third kappa shape index (κ3) is 7.12. The monoisotopic (exact) mass is 474 g/mol. The van der Waals surface area contributed by atoms with E-state index < -0.39 is 21.5 Å². The topological polar surface area (TPSA) is 0 Å². The van der Waals surface area contributed by atoms with Crippen LogP contribution in [0.15, 0.2) is 36.0 Å². The van der Waals surface area contributed by atoms with E-state index in [2.05, 4.69) is 57.0 Å². The Bertz CT molecular complexity index is 328. The predicted octanol–water partition coefficient (Wildman–Crippen LogP) is 6.66. The normalized spacial score (nSPS) is 15.6. The molecule has 0 bridgehead atoms. The molecule has 0 aromatic heterocycles. The van der Waals surface area contributed by atoms with Gasteiger partial charge in [-0.05, 0) is 0 Å². The molecule has 0 rings (SSSR count). The van der Waals surface area contributed by atoms with Crippen LogP contribution >= 0.6 is 8.32 Å². The average molecular weight is 474 g/mol. The molecular formula is C17H30ClTl. The summed E-state index contributed by atoms with van der Waals surface area (Å²) in [5.41, 5.74) is 2.59. The van der Waals surface area contributed by atoms with Crippen LogP contribution in [0.4, 0.5) is 0 Å². The predicted molar refractivity (Wildman–Crippen MR) is 92.3 cm³/mol. The molecule has 0 aliphatic heterocycles. The van der Waals surface area contributed by atoms with Gasteiger partial charge in [-0.2, -0.15) is 0 Å². The van der Waals surface area contributed by atoms with Crippen molar-refractivity contribution < 1.29 is 0 Å². The van der Waals surface area contributed by atoms with Crippen LogP contribution in [0.2, 0.25) is 7.46 Å². The molecule has 19 heavy (non-hydrogen) atoms. The summed E-state index contributed by atoms with van der Waals surface area (Å²) < 4.78 is 2.67. The van der Waals surface area contributed by atoms with E-state index in [9.17, 15) is 0 Å². The first-order chi connectivity index (χ1) is 8.91. The zero-order valence-electron chi connectivity index (χ0n) is 13.4. The molecule has 0 amide bonds. The quantitative estimate of drug-likeness (QED) is 0.259. The second-order valence-corrected chi connectivity index (χ2v) is 21.6. The molecule has 0 aliphatic carbocycles. The first-order valence-corrected chi connectivity index (χ1v) is 19.9. The molecule has 2 heteroatoms. The van der Waals surface area contributed by atoms with Crippen LogP contribution in [-0.4, -0.2) is 21.5 Å². The molecule has 0 heterocycles. The Morgan fingerprint density at radius 3 is 2.37 bits per heavy atom. The summed E-state index contributed by atoms with van der Waals surface area (Å²) in [7, 11) is 6.58. The molecule has 0 fully saturated rings.